The zero-order chi connectivity index (χ0) is 34.1. The summed E-state index contributed by atoms with van der Waals surface area (Å²) in [5.74, 6) is 0. The largest absolute Gasteiger partial charge is 0.355 e. The SMILES string of the molecule is Cc1ccc2c(c1)c1cc(-c3ccc(Nc4ccc(-c5ccccc5)cc4)c(-c4ccccc4)c3)ccc1n2-c1ccc(-c2ccccc2)cc1. The second-order valence-corrected chi connectivity index (χ2v) is 13.2. The Kier molecular flexibility index (Phi) is 7.75. The van der Waals surface area contributed by atoms with Crippen LogP contribution in [0.5, 0.6) is 0 Å². The third kappa shape index (κ3) is 5.88. The average Bonchev–Trinajstić information content (AvgIpc) is 3.52. The van der Waals surface area contributed by atoms with Crippen LogP contribution in [0.15, 0.2) is 194 Å². The van der Waals surface area contributed by atoms with Gasteiger partial charge in [0.2, 0.25) is 0 Å². The number of rotatable bonds is 7. The minimum atomic E-state index is 1.06. The van der Waals surface area contributed by atoms with E-state index in [9.17, 15) is 0 Å². The lowest BCUT2D eigenvalue weighted by Gasteiger charge is -2.15. The molecule has 0 aliphatic carbocycles. The third-order valence-corrected chi connectivity index (χ3v) is 9.86. The molecule has 0 spiro atoms. The van der Waals surface area contributed by atoms with Crippen LogP contribution in [-0.2, 0) is 0 Å². The minimum Gasteiger partial charge on any atom is -0.355 e. The summed E-state index contributed by atoms with van der Waals surface area (Å²) in [5.41, 5.74) is 16.5. The summed E-state index contributed by atoms with van der Waals surface area (Å²) in [6.07, 6.45) is 0. The predicted octanol–water partition coefficient (Wildman–Crippen LogP) is 13.5. The van der Waals surface area contributed by atoms with Crippen LogP contribution in [0.3, 0.4) is 0 Å². The highest BCUT2D eigenvalue weighted by atomic mass is 15.0. The van der Waals surface area contributed by atoms with E-state index in [1.54, 1.807) is 0 Å². The van der Waals surface area contributed by atoms with Gasteiger partial charge >= 0.3 is 0 Å². The summed E-state index contributed by atoms with van der Waals surface area (Å²) in [4.78, 5) is 0. The molecule has 0 aliphatic heterocycles. The Balaban J connectivity index is 1.11. The molecule has 8 aromatic carbocycles. The molecule has 0 saturated carbocycles. The zero-order valence-electron chi connectivity index (χ0n) is 28.4. The molecule has 51 heavy (non-hydrogen) atoms. The molecule has 0 radical (unpaired) electrons. The van der Waals surface area contributed by atoms with E-state index >= 15 is 0 Å². The molecule has 0 amide bonds. The van der Waals surface area contributed by atoms with Crippen LogP contribution in [0.25, 0.3) is 72.0 Å². The molecule has 2 heteroatoms. The van der Waals surface area contributed by atoms with E-state index in [1.807, 2.05) is 0 Å². The Morgan fingerprint density at radius 3 is 1.47 bits per heavy atom. The molecule has 9 rings (SSSR count). The van der Waals surface area contributed by atoms with Gasteiger partial charge in [-0.1, -0.05) is 139 Å². The molecule has 0 atom stereocenters. The van der Waals surface area contributed by atoms with Crippen LogP contribution in [-0.4, -0.2) is 4.57 Å². The van der Waals surface area contributed by atoms with Gasteiger partial charge in [0.15, 0.2) is 0 Å². The average molecular weight is 653 g/mol. The van der Waals surface area contributed by atoms with E-state index in [1.165, 1.54) is 66.3 Å². The zero-order valence-corrected chi connectivity index (χ0v) is 28.4. The lowest BCUT2D eigenvalue weighted by atomic mass is 9.96. The third-order valence-electron chi connectivity index (χ3n) is 9.86. The number of hydrogen-bond donors (Lipinski definition) is 1. The Labute approximate surface area is 298 Å². The van der Waals surface area contributed by atoms with E-state index < -0.39 is 0 Å². The number of anilines is 2. The first-order valence-corrected chi connectivity index (χ1v) is 17.5. The lowest BCUT2D eigenvalue weighted by Crippen LogP contribution is -1.95. The van der Waals surface area contributed by atoms with Gasteiger partial charge in [0.05, 0.1) is 11.0 Å². The van der Waals surface area contributed by atoms with E-state index in [2.05, 4.69) is 211 Å². The van der Waals surface area contributed by atoms with Gasteiger partial charge in [-0.15, -0.1) is 0 Å². The number of nitrogens with one attached hydrogen (secondary N) is 1. The lowest BCUT2D eigenvalue weighted by molar-refractivity contribution is 1.18. The molecule has 0 fully saturated rings. The standard InChI is InChI=1S/C49H36N2/c1-34-17-29-48-45(31-34)46-33-41(23-30-49(46)51(48)43-26-20-38(21-27-43)36-13-7-3-8-14-36)40-22-28-47(44(32-40)39-15-9-4-10-16-39)50-42-24-18-37(19-25-42)35-11-5-2-6-12-35/h2-33,50H,1H3. The van der Waals surface area contributed by atoms with Gasteiger partial charge in [0.1, 0.15) is 0 Å². The molecule has 9 aromatic rings. The van der Waals surface area contributed by atoms with Crippen molar-refractivity contribution in [2.75, 3.05) is 5.32 Å². The molecule has 0 aliphatic rings. The van der Waals surface area contributed by atoms with Crippen LogP contribution in [0.4, 0.5) is 11.4 Å². The molecule has 242 valence electrons. The van der Waals surface area contributed by atoms with E-state index in [0.717, 1.165) is 22.6 Å². The molecule has 1 heterocycles. The van der Waals surface area contributed by atoms with E-state index in [4.69, 9.17) is 0 Å². The monoisotopic (exact) mass is 652 g/mol. The van der Waals surface area contributed by atoms with Crippen molar-refractivity contribution in [3.8, 4) is 50.2 Å². The molecule has 1 N–H and O–H groups in total. The number of hydrogen-bond acceptors (Lipinski definition) is 1. The summed E-state index contributed by atoms with van der Waals surface area (Å²) in [6.45, 7) is 2.17. The molecule has 0 bridgehead atoms. The van der Waals surface area contributed by atoms with Gasteiger partial charge in [-0.3, -0.25) is 0 Å². The molecule has 0 saturated heterocycles. The van der Waals surface area contributed by atoms with Crippen molar-refractivity contribution < 1.29 is 0 Å². The molecular formula is C49H36N2. The number of fused-ring (bicyclic) bond motifs is 3. The fourth-order valence-electron chi connectivity index (χ4n) is 7.25. The summed E-state index contributed by atoms with van der Waals surface area (Å²) in [7, 11) is 0. The highest BCUT2D eigenvalue weighted by Gasteiger charge is 2.15. The van der Waals surface area contributed by atoms with Crippen molar-refractivity contribution >= 4 is 33.2 Å². The van der Waals surface area contributed by atoms with Crippen molar-refractivity contribution in [3.05, 3.63) is 200 Å². The summed E-state index contributed by atoms with van der Waals surface area (Å²) >= 11 is 0. The quantitative estimate of drug-likeness (QED) is 0.181. The summed E-state index contributed by atoms with van der Waals surface area (Å²) < 4.78 is 2.40. The van der Waals surface area contributed by atoms with Gasteiger partial charge < -0.3 is 9.88 Å². The first-order chi connectivity index (χ1) is 25.2. The predicted molar refractivity (Wildman–Crippen MR) is 217 cm³/mol. The van der Waals surface area contributed by atoms with Crippen LogP contribution in [0, 0.1) is 6.92 Å². The van der Waals surface area contributed by atoms with Gasteiger partial charge in [0, 0.05) is 33.4 Å². The summed E-state index contributed by atoms with van der Waals surface area (Å²) in [6, 6.07) is 69.8. The van der Waals surface area contributed by atoms with Crippen molar-refractivity contribution in [1.82, 2.24) is 4.57 Å². The highest BCUT2D eigenvalue weighted by Crippen LogP contribution is 2.39. The fraction of sp³-hybridized carbons (Fsp3) is 0.0204. The Morgan fingerprint density at radius 1 is 0.373 bits per heavy atom. The number of benzene rings is 8. The maximum absolute atomic E-state index is 3.72. The fourth-order valence-corrected chi connectivity index (χ4v) is 7.25. The topological polar surface area (TPSA) is 17.0 Å². The second-order valence-electron chi connectivity index (χ2n) is 13.2. The highest BCUT2D eigenvalue weighted by molar-refractivity contribution is 6.11. The maximum atomic E-state index is 3.72. The summed E-state index contributed by atoms with van der Waals surface area (Å²) in [5, 5.41) is 6.23. The van der Waals surface area contributed by atoms with Crippen LogP contribution >= 0.6 is 0 Å². The van der Waals surface area contributed by atoms with Crippen LogP contribution in [0.2, 0.25) is 0 Å². The first-order valence-electron chi connectivity index (χ1n) is 17.5. The Morgan fingerprint density at radius 2 is 0.843 bits per heavy atom. The van der Waals surface area contributed by atoms with Crippen LogP contribution in [0.1, 0.15) is 5.56 Å². The Bertz CT molecular complexity index is 2620. The van der Waals surface area contributed by atoms with E-state index in [-0.39, 0.29) is 0 Å². The van der Waals surface area contributed by atoms with E-state index in [0.29, 0.717) is 0 Å². The van der Waals surface area contributed by atoms with Crippen molar-refractivity contribution in [2.45, 2.75) is 6.92 Å². The van der Waals surface area contributed by atoms with Gasteiger partial charge in [0.25, 0.3) is 0 Å². The van der Waals surface area contributed by atoms with Gasteiger partial charge in [-0.25, -0.2) is 0 Å². The number of aryl methyl sites for hydroxylation is 1. The first kappa shape index (κ1) is 30.4. The van der Waals surface area contributed by atoms with Crippen molar-refractivity contribution in [1.29, 1.82) is 0 Å². The number of nitrogens with zero attached hydrogens (tertiary/aromatic N) is 1. The smallest absolute Gasteiger partial charge is 0.0541 e. The molecular weight excluding hydrogens is 617 g/mol. The minimum absolute atomic E-state index is 1.06. The van der Waals surface area contributed by atoms with Gasteiger partial charge in [-0.2, -0.15) is 0 Å². The Hall–Kier alpha value is -6.64. The molecule has 1 aromatic heterocycles. The number of aromatic nitrogens is 1. The van der Waals surface area contributed by atoms with Crippen molar-refractivity contribution in [2.24, 2.45) is 0 Å². The van der Waals surface area contributed by atoms with Crippen molar-refractivity contribution in [3.63, 3.8) is 0 Å². The second kappa shape index (κ2) is 13.0. The molecule has 2 nitrogen and oxygen atoms in total. The molecule has 0 unspecified atom stereocenters. The van der Waals surface area contributed by atoms with Gasteiger partial charge in [-0.05, 0) is 107 Å². The normalized spacial score (nSPS) is 11.2. The van der Waals surface area contributed by atoms with Crippen LogP contribution < -0.4 is 5.32 Å². The maximum Gasteiger partial charge on any atom is 0.0541 e.